The number of carbonyl (C=O) groups excluding carboxylic acids is 1. The van der Waals surface area contributed by atoms with E-state index in [-0.39, 0.29) is 36.1 Å². The van der Waals surface area contributed by atoms with Crippen LogP contribution >= 0.6 is 0 Å². The standard InChI is InChI=1S/C25H25F3N4O2/c1-4-19(31(2)3)23-30-18-9-8-16(10-11-25(28)14-29-15-25)12-20(18)32(23)22-17(13-33)6-5-7-21(22)34-24(26)27/h5-9,12-13,19,24,29H,4,14-15H2,1-3H3. The number of imidazole rings is 1. The fourth-order valence-electron chi connectivity index (χ4n) is 4.09. The lowest BCUT2D eigenvalue weighted by molar-refractivity contribution is -0.0498. The first kappa shape index (κ1) is 23.8. The summed E-state index contributed by atoms with van der Waals surface area (Å²) in [6.45, 7) is -0.743. The summed E-state index contributed by atoms with van der Waals surface area (Å²) in [6.07, 6.45) is 1.27. The molecule has 0 spiro atoms. The van der Waals surface area contributed by atoms with E-state index in [1.165, 1.54) is 18.2 Å². The third kappa shape index (κ3) is 4.52. The molecule has 1 unspecified atom stereocenters. The van der Waals surface area contributed by atoms with E-state index in [0.29, 0.717) is 35.1 Å². The number of hydrogen-bond donors (Lipinski definition) is 1. The number of halogens is 3. The number of nitrogens with zero attached hydrogens (tertiary/aromatic N) is 3. The van der Waals surface area contributed by atoms with Crippen LogP contribution in [0.3, 0.4) is 0 Å². The molecular weight excluding hydrogens is 445 g/mol. The van der Waals surface area contributed by atoms with Gasteiger partial charge >= 0.3 is 6.61 Å². The fraction of sp³-hybridized carbons (Fsp3) is 0.360. The van der Waals surface area contributed by atoms with Gasteiger partial charge in [0, 0.05) is 24.2 Å². The molecule has 2 heterocycles. The van der Waals surface area contributed by atoms with Crippen LogP contribution in [0.5, 0.6) is 5.75 Å². The van der Waals surface area contributed by atoms with Gasteiger partial charge in [-0.1, -0.05) is 24.8 Å². The van der Waals surface area contributed by atoms with Crippen LogP contribution < -0.4 is 10.1 Å². The number of alkyl halides is 3. The molecular formula is C25H25F3N4O2. The average Bonchev–Trinajstić information content (AvgIpc) is 3.13. The van der Waals surface area contributed by atoms with Crippen molar-refractivity contribution >= 4 is 17.3 Å². The number of aromatic nitrogens is 2. The van der Waals surface area contributed by atoms with Gasteiger partial charge in [0.15, 0.2) is 17.7 Å². The first-order chi connectivity index (χ1) is 16.3. The van der Waals surface area contributed by atoms with E-state index < -0.39 is 12.3 Å². The molecule has 0 amide bonds. The molecule has 2 aromatic carbocycles. The maximum Gasteiger partial charge on any atom is 0.387 e. The number of hydrogen-bond acceptors (Lipinski definition) is 5. The van der Waals surface area contributed by atoms with Gasteiger partial charge in [-0.25, -0.2) is 9.37 Å². The first-order valence-corrected chi connectivity index (χ1v) is 10.9. The van der Waals surface area contributed by atoms with Crippen LogP contribution in [0.15, 0.2) is 36.4 Å². The number of fused-ring (bicyclic) bond motifs is 1. The largest absolute Gasteiger partial charge is 0.433 e. The van der Waals surface area contributed by atoms with Gasteiger partial charge in [0.2, 0.25) is 0 Å². The Kier molecular flexibility index (Phi) is 6.64. The van der Waals surface area contributed by atoms with Crippen molar-refractivity contribution in [2.45, 2.75) is 31.7 Å². The Bertz CT molecular complexity index is 1270. The van der Waals surface area contributed by atoms with Crippen LogP contribution in [-0.4, -0.2) is 60.2 Å². The van der Waals surface area contributed by atoms with E-state index in [4.69, 9.17) is 9.72 Å². The Morgan fingerprint density at radius 2 is 2.06 bits per heavy atom. The lowest BCUT2D eigenvalue weighted by atomic mass is 10.00. The molecule has 1 fully saturated rings. The lowest BCUT2D eigenvalue weighted by Gasteiger charge is -2.29. The summed E-state index contributed by atoms with van der Waals surface area (Å²) in [5, 5.41) is 2.86. The second kappa shape index (κ2) is 9.49. The predicted octanol–water partition coefficient (Wildman–Crippen LogP) is 4.12. The van der Waals surface area contributed by atoms with E-state index in [0.717, 1.165) is 0 Å². The van der Waals surface area contributed by atoms with Crippen molar-refractivity contribution in [1.29, 1.82) is 0 Å². The molecule has 1 aliphatic heterocycles. The van der Waals surface area contributed by atoms with Crippen LogP contribution in [0.4, 0.5) is 13.2 Å². The highest BCUT2D eigenvalue weighted by Gasteiger charge is 2.34. The Balaban J connectivity index is 2.00. The molecule has 0 aliphatic carbocycles. The maximum atomic E-state index is 14.4. The van der Waals surface area contributed by atoms with Crippen molar-refractivity contribution in [1.82, 2.24) is 19.8 Å². The molecule has 34 heavy (non-hydrogen) atoms. The highest BCUT2D eigenvalue weighted by Crippen LogP contribution is 2.36. The Labute approximate surface area is 195 Å². The summed E-state index contributed by atoms with van der Waals surface area (Å²) in [5.74, 6) is 5.95. The summed E-state index contributed by atoms with van der Waals surface area (Å²) in [5.41, 5.74) is 0.459. The number of ether oxygens (including phenoxy) is 1. The highest BCUT2D eigenvalue weighted by molar-refractivity contribution is 5.87. The Morgan fingerprint density at radius 1 is 1.29 bits per heavy atom. The molecule has 1 aliphatic rings. The maximum absolute atomic E-state index is 14.4. The molecule has 3 aromatic rings. The third-order valence-electron chi connectivity index (χ3n) is 5.83. The molecule has 1 N–H and O–H groups in total. The van der Waals surface area contributed by atoms with Gasteiger partial charge in [-0.05, 0) is 50.8 Å². The fourth-order valence-corrected chi connectivity index (χ4v) is 4.09. The SMILES string of the molecule is CCC(c1nc2ccc(C#CC3(F)CNC3)cc2n1-c1c(C=O)cccc1OC(F)F)N(C)C. The number of nitrogens with one attached hydrogen (secondary N) is 1. The van der Waals surface area contributed by atoms with Crippen LogP contribution in [-0.2, 0) is 0 Å². The topological polar surface area (TPSA) is 59.4 Å². The monoisotopic (exact) mass is 470 g/mol. The summed E-state index contributed by atoms with van der Waals surface area (Å²) in [7, 11) is 3.79. The number of benzene rings is 2. The van der Waals surface area contributed by atoms with Gasteiger partial charge in [-0.2, -0.15) is 8.78 Å². The minimum atomic E-state index is -3.08. The number of aldehydes is 1. The van der Waals surface area contributed by atoms with Gasteiger partial charge in [0.25, 0.3) is 0 Å². The second-order valence-electron chi connectivity index (χ2n) is 8.41. The van der Waals surface area contributed by atoms with Crippen molar-refractivity contribution in [3.05, 3.63) is 53.3 Å². The molecule has 1 saturated heterocycles. The zero-order valence-electron chi connectivity index (χ0n) is 19.1. The van der Waals surface area contributed by atoms with Crippen molar-refractivity contribution in [2.24, 2.45) is 0 Å². The molecule has 0 saturated carbocycles. The van der Waals surface area contributed by atoms with Gasteiger partial charge in [-0.3, -0.25) is 14.3 Å². The van der Waals surface area contributed by atoms with E-state index in [9.17, 15) is 18.0 Å². The van der Waals surface area contributed by atoms with Crippen LogP contribution in [0, 0.1) is 11.8 Å². The molecule has 178 valence electrons. The van der Waals surface area contributed by atoms with Crippen molar-refractivity contribution in [3.8, 4) is 23.3 Å². The van der Waals surface area contributed by atoms with Gasteiger partial charge in [0.1, 0.15) is 11.5 Å². The second-order valence-corrected chi connectivity index (χ2v) is 8.41. The molecule has 0 bridgehead atoms. The van der Waals surface area contributed by atoms with E-state index >= 15 is 0 Å². The summed E-state index contributed by atoms with van der Waals surface area (Å²) >= 11 is 0. The molecule has 0 radical (unpaired) electrons. The average molecular weight is 470 g/mol. The minimum Gasteiger partial charge on any atom is -0.433 e. The third-order valence-corrected chi connectivity index (χ3v) is 5.83. The van der Waals surface area contributed by atoms with Crippen LogP contribution in [0.1, 0.15) is 41.1 Å². The molecule has 6 nitrogen and oxygen atoms in total. The van der Waals surface area contributed by atoms with Gasteiger partial charge < -0.3 is 10.1 Å². The smallest absolute Gasteiger partial charge is 0.387 e. The highest BCUT2D eigenvalue weighted by atomic mass is 19.3. The van der Waals surface area contributed by atoms with Crippen molar-refractivity contribution < 1.29 is 22.7 Å². The minimum absolute atomic E-state index is 0.145. The van der Waals surface area contributed by atoms with Crippen molar-refractivity contribution in [2.75, 3.05) is 27.2 Å². The predicted molar refractivity (Wildman–Crippen MR) is 123 cm³/mol. The van der Waals surface area contributed by atoms with Gasteiger partial charge in [0.05, 0.1) is 17.1 Å². The zero-order chi connectivity index (χ0) is 24.5. The molecule has 4 rings (SSSR count). The lowest BCUT2D eigenvalue weighted by Crippen LogP contribution is -2.55. The number of para-hydroxylation sites is 1. The Hall–Kier alpha value is -3.35. The van der Waals surface area contributed by atoms with Gasteiger partial charge in [-0.15, -0.1) is 0 Å². The normalized spacial score (nSPS) is 15.6. The molecule has 9 heteroatoms. The number of carbonyl (C=O) groups is 1. The summed E-state index contributed by atoms with van der Waals surface area (Å²) in [6, 6.07) is 9.44. The van der Waals surface area contributed by atoms with E-state index in [1.807, 2.05) is 25.9 Å². The number of rotatable bonds is 7. The first-order valence-electron chi connectivity index (χ1n) is 10.9. The van der Waals surface area contributed by atoms with Crippen LogP contribution in [0.2, 0.25) is 0 Å². The summed E-state index contributed by atoms with van der Waals surface area (Å²) in [4.78, 5) is 18.7. The molecule has 1 atom stereocenters. The van der Waals surface area contributed by atoms with E-state index in [1.54, 1.807) is 22.8 Å². The quantitative estimate of drug-likeness (QED) is 0.416. The summed E-state index contributed by atoms with van der Waals surface area (Å²) < 4.78 is 47.4. The molecule has 1 aromatic heterocycles. The Morgan fingerprint density at radius 3 is 2.65 bits per heavy atom. The van der Waals surface area contributed by atoms with E-state index in [2.05, 4.69) is 17.2 Å². The zero-order valence-corrected chi connectivity index (χ0v) is 19.1. The van der Waals surface area contributed by atoms with Crippen molar-refractivity contribution in [3.63, 3.8) is 0 Å². The van der Waals surface area contributed by atoms with Crippen LogP contribution in [0.25, 0.3) is 16.7 Å².